The quantitative estimate of drug-likeness (QED) is 0.421. The van der Waals surface area contributed by atoms with Gasteiger partial charge in [-0.05, 0) is 53.6 Å². The lowest BCUT2D eigenvalue weighted by atomic mass is 9.98. The Bertz CT molecular complexity index is 1070. The fourth-order valence-corrected chi connectivity index (χ4v) is 2.91. The monoisotopic (exact) mass is 367 g/mol. The third-order valence-electron chi connectivity index (χ3n) is 4.39. The first-order valence-electron chi connectivity index (χ1n) is 8.29. The molecule has 3 aromatic rings. The summed E-state index contributed by atoms with van der Waals surface area (Å²) < 4.78 is 7.68. The van der Waals surface area contributed by atoms with E-state index in [-0.39, 0.29) is 5.69 Å². The molecule has 27 heavy (non-hydrogen) atoms. The number of hydrogen-bond acceptors (Lipinski definition) is 6. The van der Waals surface area contributed by atoms with E-state index in [9.17, 15) is 4.79 Å². The normalized spacial score (nSPS) is 11.9. The van der Waals surface area contributed by atoms with Crippen LogP contribution in [0.2, 0.25) is 0 Å². The maximum absolute atomic E-state index is 12.4. The Labute approximate surface area is 156 Å². The molecular weight excluding hydrogens is 346 g/mol. The Morgan fingerprint density at radius 1 is 1.15 bits per heavy atom. The summed E-state index contributed by atoms with van der Waals surface area (Å²) in [6.45, 7) is 3.81. The van der Waals surface area contributed by atoms with Gasteiger partial charge in [-0.2, -0.15) is 15.3 Å². The van der Waals surface area contributed by atoms with Crippen LogP contribution in [0, 0.1) is 6.92 Å². The van der Waals surface area contributed by atoms with Crippen molar-refractivity contribution >= 4 is 11.3 Å². The molecule has 0 saturated carbocycles. The molecule has 0 aliphatic carbocycles. The molecule has 0 aliphatic heterocycles. The summed E-state index contributed by atoms with van der Waals surface area (Å²) in [7, 11) is 3.15. The predicted octanol–water partition coefficient (Wildman–Crippen LogP) is 2.06. The molecule has 0 saturated heterocycles. The molecule has 2 aromatic carbocycles. The minimum atomic E-state index is -0.364. The van der Waals surface area contributed by atoms with E-state index < -0.39 is 0 Å². The van der Waals surface area contributed by atoms with Crippen LogP contribution in [0.15, 0.2) is 47.3 Å². The molecule has 8 heteroatoms. The van der Waals surface area contributed by atoms with Crippen molar-refractivity contribution in [3.8, 4) is 11.4 Å². The van der Waals surface area contributed by atoms with E-state index in [0.29, 0.717) is 17.0 Å². The van der Waals surface area contributed by atoms with Gasteiger partial charge in [-0.3, -0.25) is 0 Å². The van der Waals surface area contributed by atoms with E-state index in [2.05, 4.69) is 10.4 Å². The number of nitrogens with two attached hydrogens (primary N) is 1. The summed E-state index contributed by atoms with van der Waals surface area (Å²) in [5.41, 5.74) is 3.41. The summed E-state index contributed by atoms with van der Waals surface area (Å²) in [4.78, 5) is 17.6. The van der Waals surface area contributed by atoms with Crippen molar-refractivity contribution in [2.45, 2.75) is 13.8 Å². The second-order valence-corrected chi connectivity index (χ2v) is 6.07. The van der Waals surface area contributed by atoms with E-state index in [0.717, 1.165) is 27.1 Å². The molecule has 0 atom stereocenters. The fourth-order valence-electron chi connectivity index (χ4n) is 2.91. The van der Waals surface area contributed by atoms with Crippen LogP contribution in [0.25, 0.3) is 17.0 Å². The average molecular weight is 367 g/mol. The molecule has 3 rings (SSSR count). The van der Waals surface area contributed by atoms with Crippen molar-refractivity contribution in [3.05, 3.63) is 69.6 Å². The van der Waals surface area contributed by atoms with Gasteiger partial charge in [0.25, 0.3) is 0 Å². The van der Waals surface area contributed by atoms with Gasteiger partial charge in [0.15, 0.2) is 5.76 Å². The maximum Gasteiger partial charge on any atom is 0.368 e. The lowest BCUT2D eigenvalue weighted by Crippen LogP contribution is -2.23. The number of tetrazole rings is 1. The highest BCUT2D eigenvalue weighted by molar-refractivity contribution is 5.90. The number of rotatable bonds is 5. The Kier molecular flexibility index (Phi) is 5.09. The Balaban J connectivity index is 2.27. The molecule has 1 heterocycles. The second kappa shape index (κ2) is 7.46. The van der Waals surface area contributed by atoms with Crippen LogP contribution < -0.4 is 16.3 Å². The largest absolute Gasteiger partial charge is 0.497 e. The van der Waals surface area contributed by atoms with Crippen LogP contribution in [0.1, 0.15) is 23.6 Å². The lowest BCUT2D eigenvalue weighted by Gasteiger charge is -2.16. The van der Waals surface area contributed by atoms with Crippen LogP contribution in [0.3, 0.4) is 0 Å². The van der Waals surface area contributed by atoms with Crippen LogP contribution in [-0.4, -0.2) is 26.9 Å². The number of nitrogens with zero attached hydrogens (tertiary/aromatic N) is 4. The Morgan fingerprint density at radius 3 is 2.52 bits per heavy atom. The summed E-state index contributed by atoms with van der Waals surface area (Å²) in [5, 5.41) is 7.73. The molecule has 140 valence electrons. The Morgan fingerprint density at radius 2 is 1.89 bits per heavy atom. The zero-order valence-electron chi connectivity index (χ0n) is 15.6. The first-order valence-corrected chi connectivity index (χ1v) is 8.29. The van der Waals surface area contributed by atoms with Crippen molar-refractivity contribution in [1.29, 1.82) is 0 Å². The molecule has 0 unspecified atom stereocenters. The summed E-state index contributed by atoms with van der Waals surface area (Å²) in [5.74, 6) is 6.81. The molecular formula is C19H21N5O3. The molecule has 0 fully saturated rings. The Hall–Kier alpha value is -3.39. The highest BCUT2D eigenvalue weighted by Gasteiger charge is 2.20. The SMILES string of the molecule is COc1cccc(/C(C)=C(/ON)c2c(C)cccc2-n2nnn(C)c2=O)c1. The summed E-state index contributed by atoms with van der Waals surface area (Å²) in [6.07, 6.45) is 0. The standard InChI is InChI=1S/C19H21N5O3/c1-12-7-5-10-16(24-19(25)23(3)21-22-24)17(12)18(27-20)13(2)14-8-6-9-15(11-14)26-4/h5-11H,20H2,1-4H3/b18-13+. The van der Waals surface area contributed by atoms with Crippen molar-refractivity contribution in [1.82, 2.24) is 19.8 Å². The third-order valence-corrected chi connectivity index (χ3v) is 4.39. The van der Waals surface area contributed by atoms with E-state index >= 15 is 0 Å². The number of allylic oxidation sites excluding steroid dienone is 1. The zero-order chi connectivity index (χ0) is 19.6. The number of hydrogen-bond donors (Lipinski definition) is 1. The van der Waals surface area contributed by atoms with Gasteiger partial charge in [0.05, 0.1) is 12.8 Å². The van der Waals surface area contributed by atoms with Crippen LogP contribution in [0.5, 0.6) is 5.75 Å². The number of benzene rings is 2. The number of methoxy groups -OCH3 is 1. The molecule has 2 N–H and O–H groups in total. The molecule has 0 spiro atoms. The van der Waals surface area contributed by atoms with Crippen LogP contribution in [-0.2, 0) is 11.9 Å². The van der Waals surface area contributed by atoms with E-state index in [4.69, 9.17) is 15.5 Å². The van der Waals surface area contributed by atoms with Gasteiger partial charge >= 0.3 is 5.69 Å². The van der Waals surface area contributed by atoms with Crippen molar-refractivity contribution in [3.63, 3.8) is 0 Å². The fraction of sp³-hybridized carbons (Fsp3) is 0.211. The number of aryl methyl sites for hydroxylation is 2. The number of ether oxygens (including phenoxy) is 1. The van der Waals surface area contributed by atoms with E-state index in [1.165, 1.54) is 4.68 Å². The van der Waals surface area contributed by atoms with Gasteiger partial charge < -0.3 is 9.57 Å². The topological polar surface area (TPSA) is 97.2 Å². The lowest BCUT2D eigenvalue weighted by molar-refractivity contribution is 0.291. The molecule has 0 bridgehead atoms. The van der Waals surface area contributed by atoms with Crippen LogP contribution >= 0.6 is 0 Å². The van der Waals surface area contributed by atoms with Gasteiger partial charge in [0, 0.05) is 18.2 Å². The smallest absolute Gasteiger partial charge is 0.368 e. The van der Waals surface area contributed by atoms with Crippen molar-refractivity contribution < 1.29 is 9.57 Å². The van der Waals surface area contributed by atoms with Crippen molar-refractivity contribution in [2.24, 2.45) is 12.9 Å². The highest BCUT2D eigenvalue weighted by atomic mass is 16.6. The molecule has 8 nitrogen and oxygen atoms in total. The highest BCUT2D eigenvalue weighted by Crippen LogP contribution is 2.32. The zero-order valence-corrected chi connectivity index (χ0v) is 15.6. The predicted molar refractivity (Wildman–Crippen MR) is 102 cm³/mol. The molecule has 1 aromatic heterocycles. The van der Waals surface area contributed by atoms with Crippen molar-refractivity contribution in [2.75, 3.05) is 7.11 Å². The van der Waals surface area contributed by atoms with Gasteiger partial charge in [-0.1, -0.05) is 24.3 Å². The third kappa shape index (κ3) is 3.34. The molecule has 0 aliphatic rings. The maximum atomic E-state index is 12.4. The molecule has 0 radical (unpaired) electrons. The van der Waals surface area contributed by atoms with Gasteiger partial charge in [-0.25, -0.2) is 4.79 Å². The van der Waals surface area contributed by atoms with E-state index in [1.807, 2.05) is 50.2 Å². The second-order valence-electron chi connectivity index (χ2n) is 6.07. The van der Waals surface area contributed by atoms with E-state index in [1.54, 1.807) is 20.2 Å². The van der Waals surface area contributed by atoms with Crippen LogP contribution in [0.4, 0.5) is 0 Å². The minimum absolute atomic E-state index is 0.364. The van der Waals surface area contributed by atoms with Gasteiger partial charge in [0.1, 0.15) is 5.75 Å². The first-order chi connectivity index (χ1) is 13.0. The summed E-state index contributed by atoms with van der Waals surface area (Å²) in [6, 6.07) is 13.1. The molecule has 0 amide bonds. The van der Waals surface area contributed by atoms with Gasteiger partial charge in [0.2, 0.25) is 0 Å². The first kappa shape index (κ1) is 18.4. The number of aromatic nitrogens is 4. The van der Waals surface area contributed by atoms with Gasteiger partial charge in [-0.15, -0.1) is 0 Å². The average Bonchev–Trinajstić information content (AvgIpc) is 3.02. The summed E-state index contributed by atoms with van der Waals surface area (Å²) >= 11 is 0. The minimum Gasteiger partial charge on any atom is -0.497 e.